The molecule has 3 amide bonds. The topological polar surface area (TPSA) is 259 Å². The molecule has 0 bridgehead atoms. The lowest BCUT2D eigenvalue weighted by molar-refractivity contribution is -0.384. The average molecular weight is 581 g/mol. The lowest BCUT2D eigenvalue weighted by Crippen LogP contribution is -2.59. The Morgan fingerprint density at radius 3 is 2.22 bits per heavy atom. The van der Waals surface area contributed by atoms with E-state index < -0.39 is 40.9 Å². The molecule has 2 rings (SSSR count). The van der Waals surface area contributed by atoms with Gasteiger partial charge in [-0.2, -0.15) is 0 Å². The van der Waals surface area contributed by atoms with Crippen LogP contribution in [-0.2, 0) is 23.9 Å². The van der Waals surface area contributed by atoms with E-state index in [4.69, 9.17) is 31.8 Å². The van der Waals surface area contributed by atoms with Crippen molar-refractivity contribution in [3.63, 3.8) is 0 Å². The van der Waals surface area contributed by atoms with Crippen LogP contribution in [0.3, 0.4) is 0 Å². The Hall–Kier alpha value is -4.31. The molecule has 0 aliphatic heterocycles. The normalized spacial score (nSPS) is 14.3. The van der Waals surface area contributed by atoms with Gasteiger partial charge in [-0.1, -0.05) is 19.3 Å². The number of carboxylic acids is 1. The number of nitrogens with zero attached hydrogens (tertiary/aromatic N) is 3. The zero-order chi connectivity index (χ0) is 30.9. The molecule has 1 aromatic rings. The number of aliphatic imine (C=N–C) groups is 1. The lowest BCUT2D eigenvalue weighted by Gasteiger charge is -2.38. The Morgan fingerprint density at radius 1 is 1.15 bits per heavy atom. The number of rotatable bonds is 13. The van der Waals surface area contributed by atoms with Crippen LogP contribution in [-0.4, -0.2) is 83.1 Å². The van der Waals surface area contributed by atoms with Crippen LogP contribution in [0.5, 0.6) is 0 Å². The third-order valence-electron chi connectivity index (χ3n) is 6.05. The molecule has 228 valence electrons. The highest BCUT2D eigenvalue weighted by Gasteiger charge is 2.36. The molecule has 1 aliphatic rings. The molecule has 0 radical (unpaired) electrons. The van der Waals surface area contributed by atoms with E-state index in [0.717, 1.165) is 39.0 Å². The molecule has 2 atom stereocenters. The summed E-state index contributed by atoms with van der Waals surface area (Å²) in [5.41, 5.74) is 16.5. The number of nitro benzene ring substituents is 1. The summed E-state index contributed by atoms with van der Waals surface area (Å²) in [6.07, 6.45) is 3.60. The summed E-state index contributed by atoms with van der Waals surface area (Å²) in [7, 11) is 1.31. The number of carboxylic acid groups (broad SMARTS) is 1. The van der Waals surface area contributed by atoms with Gasteiger partial charge in [0.2, 0.25) is 18.0 Å². The molecule has 0 unspecified atom stereocenters. The zero-order valence-electron chi connectivity index (χ0n) is 23.3. The molecule has 0 saturated heterocycles. The summed E-state index contributed by atoms with van der Waals surface area (Å²) in [6.45, 7) is 1.03. The van der Waals surface area contributed by atoms with Crippen molar-refractivity contribution in [2.24, 2.45) is 22.2 Å². The fraction of sp³-hybridized carbons (Fsp3) is 0.560. The number of hydrogen-bond acceptors (Lipinski definition) is 9. The van der Waals surface area contributed by atoms with Crippen LogP contribution in [0.2, 0.25) is 0 Å². The van der Waals surface area contributed by atoms with Crippen LogP contribution in [0.15, 0.2) is 29.3 Å². The number of ether oxygens (including phenoxy) is 1. The van der Waals surface area contributed by atoms with E-state index in [0.29, 0.717) is 12.1 Å². The standard InChI is InChI=1S/C23H36N8O6.C2H4O2/c1-37-22(30(19(32)14-24)16-6-3-2-4-7-16)21(34)29-18(8-5-13-27-23(25)26)20(33)28-15-9-11-17(12-10-15)31(35)36;1-2(3)4/h9-12,16,18,22H,2-8,13-14,24H2,1H3,(H,28,33)(H,29,34)(H4,25,26,27);1H3,(H,3,4)/t18-,22-;/m0./s1. The van der Waals surface area contributed by atoms with Crippen molar-refractivity contribution in [1.29, 1.82) is 0 Å². The van der Waals surface area contributed by atoms with Crippen molar-refractivity contribution in [2.75, 3.05) is 25.5 Å². The Bertz CT molecular complexity index is 1050. The number of non-ortho nitro benzene ring substituents is 1. The quantitative estimate of drug-likeness (QED) is 0.0460. The number of methoxy groups -OCH3 is 1. The molecule has 1 fully saturated rings. The summed E-state index contributed by atoms with van der Waals surface area (Å²) in [4.78, 5) is 63.7. The Labute approximate surface area is 237 Å². The molecule has 0 spiro atoms. The fourth-order valence-electron chi connectivity index (χ4n) is 4.25. The van der Waals surface area contributed by atoms with Crippen LogP contribution in [0.4, 0.5) is 11.4 Å². The van der Waals surface area contributed by atoms with Crippen LogP contribution < -0.4 is 27.8 Å². The first-order valence-corrected chi connectivity index (χ1v) is 13.1. The van der Waals surface area contributed by atoms with Gasteiger partial charge in [0.05, 0.1) is 11.5 Å². The third-order valence-corrected chi connectivity index (χ3v) is 6.05. The van der Waals surface area contributed by atoms with Gasteiger partial charge in [-0.05, 0) is 37.8 Å². The second kappa shape index (κ2) is 18.1. The number of anilines is 1. The number of aliphatic carboxylic acids is 1. The number of nitrogens with two attached hydrogens (primary N) is 3. The van der Waals surface area contributed by atoms with Crippen LogP contribution in [0, 0.1) is 10.1 Å². The molecular weight excluding hydrogens is 540 g/mol. The fourth-order valence-corrected chi connectivity index (χ4v) is 4.25. The number of carbonyl (C=O) groups excluding carboxylic acids is 3. The smallest absolute Gasteiger partial charge is 0.300 e. The van der Waals surface area contributed by atoms with Crippen molar-refractivity contribution in [1.82, 2.24) is 10.2 Å². The van der Waals surface area contributed by atoms with Gasteiger partial charge in [0.25, 0.3) is 17.6 Å². The van der Waals surface area contributed by atoms with Crippen LogP contribution >= 0.6 is 0 Å². The van der Waals surface area contributed by atoms with E-state index in [1.807, 2.05) is 0 Å². The average Bonchev–Trinajstić information content (AvgIpc) is 2.93. The second-order valence-electron chi connectivity index (χ2n) is 9.21. The van der Waals surface area contributed by atoms with Crippen molar-refractivity contribution in [3.05, 3.63) is 34.4 Å². The predicted octanol–water partition coefficient (Wildman–Crippen LogP) is 0.255. The first kappa shape index (κ1) is 34.7. The third kappa shape index (κ3) is 12.6. The summed E-state index contributed by atoms with van der Waals surface area (Å²) in [5.74, 6) is -2.58. The SMILES string of the molecule is CC(=O)O.CO[C@@H](C(=O)N[C@@H](CCCN=C(N)N)C(=O)Nc1ccc([N+](=O)[O-])cc1)N(C(=O)CN)C1CCCCC1. The van der Waals surface area contributed by atoms with Gasteiger partial charge in [0, 0.05) is 44.4 Å². The summed E-state index contributed by atoms with van der Waals surface area (Å²) in [6, 6.07) is 4.05. The van der Waals surface area contributed by atoms with Gasteiger partial charge in [-0.25, -0.2) is 0 Å². The van der Waals surface area contributed by atoms with E-state index in [1.165, 1.54) is 36.3 Å². The number of hydrogen-bond donors (Lipinski definition) is 6. The second-order valence-corrected chi connectivity index (χ2v) is 9.21. The maximum absolute atomic E-state index is 13.3. The van der Waals surface area contributed by atoms with E-state index in [1.54, 1.807) is 0 Å². The zero-order valence-corrected chi connectivity index (χ0v) is 23.3. The number of amides is 3. The largest absolute Gasteiger partial charge is 0.481 e. The molecule has 0 heterocycles. The van der Waals surface area contributed by atoms with Gasteiger partial charge in [-0.3, -0.25) is 34.3 Å². The maximum Gasteiger partial charge on any atom is 0.300 e. The summed E-state index contributed by atoms with van der Waals surface area (Å²) >= 11 is 0. The van der Waals surface area contributed by atoms with Crippen molar-refractivity contribution in [3.8, 4) is 0 Å². The number of guanidine groups is 1. The van der Waals surface area contributed by atoms with Gasteiger partial charge in [0.1, 0.15) is 6.04 Å². The lowest BCUT2D eigenvalue weighted by atomic mass is 9.93. The molecule has 16 heteroatoms. The Kier molecular flexibility index (Phi) is 15.3. The molecule has 0 aromatic heterocycles. The van der Waals surface area contributed by atoms with Crippen molar-refractivity contribution < 1.29 is 33.9 Å². The van der Waals surface area contributed by atoms with Gasteiger partial charge < -0.3 is 42.6 Å². The minimum atomic E-state index is -1.27. The van der Waals surface area contributed by atoms with Crippen molar-refractivity contribution in [2.45, 2.75) is 70.2 Å². The highest BCUT2D eigenvalue weighted by atomic mass is 16.6. The Morgan fingerprint density at radius 2 is 1.73 bits per heavy atom. The summed E-state index contributed by atoms with van der Waals surface area (Å²) < 4.78 is 5.43. The molecule has 41 heavy (non-hydrogen) atoms. The first-order chi connectivity index (χ1) is 19.4. The number of nitrogens with one attached hydrogen (secondary N) is 2. The van der Waals surface area contributed by atoms with Gasteiger partial charge >= 0.3 is 0 Å². The minimum absolute atomic E-state index is 0.0983. The Balaban J connectivity index is 0.00000196. The monoisotopic (exact) mass is 580 g/mol. The van der Waals surface area contributed by atoms with E-state index in [2.05, 4.69) is 15.6 Å². The van der Waals surface area contributed by atoms with Gasteiger partial charge in [-0.15, -0.1) is 0 Å². The molecule has 16 nitrogen and oxygen atoms in total. The van der Waals surface area contributed by atoms with E-state index in [-0.39, 0.29) is 37.2 Å². The van der Waals surface area contributed by atoms with Crippen LogP contribution in [0.1, 0.15) is 51.9 Å². The molecule has 1 saturated carbocycles. The van der Waals surface area contributed by atoms with Crippen molar-refractivity contribution >= 4 is 41.0 Å². The van der Waals surface area contributed by atoms with Gasteiger partial charge in [0.15, 0.2) is 5.96 Å². The number of nitro groups is 1. The maximum atomic E-state index is 13.3. The minimum Gasteiger partial charge on any atom is -0.481 e. The molecule has 1 aromatic carbocycles. The highest BCUT2D eigenvalue weighted by Crippen LogP contribution is 2.25. The first-order valence-electron chi connectivity index (χ1n) is 13.1. The molecule has 1 aliphatic carbocycles. The predicted molar refractivity (Wildman–Crippen MR) is 150 cm³/mol. The number of carbonyl (C=O) groups is 4. The molecular formula is C25H40N8O8. The van der Waals surface area contributed by atoms with Crippen LogP contribution in [0.25, 0.3) is 0 Å². The van der Waals surface area contributed by atoms with E-state index >= 15 is 0 Å². The number of benzene rings is 1. The van der Waals surface area contributed by atoms with E-state index in [9.17, 15) is 24.5 Å². The summed E-state index contributed by atoms with van der Waals surface area (Å²) in [5, 5.41) is 23.6. The highest BCUT2D eigenvalue weighted by molar-refractivity contribution is 5.98. The molecule has 9 N–H and O–H groups in total.